The van der Waals surface area contributed by atoms with Crippen molar-refractivity contribution in [2.24, 2.45) is 0 Å². The number of pyridine rings is 1. The largest absolute Gasteiger partial charge is 0.482 e. The highest BCUT2D eigenvalue weighted by atomic mass is 16.6. The molecule has 1 saturated carbocycles. The number of aryl methyl sites for hydroxylation is 1. The number of likely N-dealkylation sites (N-methyl/N-ethyl adjacent to an activating group) is 1. The second-order valence-corrected chi connectivity index (χ2v) is 11.9. The molecule has 1 amide bonds. The normalized spacial score (nSPS) is 13.6. The fraction of sp³-hybridized carbons (Fsp3) is 0.471. The maximum absolute atomic E-state index is 13.4. The van der Waals surface area contributed by atoms with Crippen LogP contribution in [0.5, 0.6) is 5.75 Å². The second kappa shape index (κ2) is 15.2. The molecular weight excluding hydrogens is 572 g/mol. The van der Waals surface area contributed by atoms with E-state index < -0.39 is 0 Å². The molecule has 11 nitrogen and oxygen atoms in total. The number of carbonyl (C=O) groups is 2. The van der Waals surface area contributed by atoms with E-state index in [1.807, 2.05) is 72.4 Å². The number of nitrogens with zero attached hydrogens (tertiary/aromatic N) is 5. The van der Waals surface area contributed by atoms with E-state index in [1.165, 1.54) is 0 Å². The van der Waals surface area contributed by atoms with Gasteiger partial charge in [0, 0.05) is 38.6 Å². The van der Waals surface area contributed by atoms with Crippen molar-refractivity contribution in [3.63, 3.8) is 0 Å². The summed E-state index contributed by atoms with van der Waals surface area (Å²) >= 11 is 0. The van der Waals surface area contributed by atoms with E-state index in [4.69, 9.17) is 24.9 Å². The van der Waals surface area contributed by atoms with Gasteiger partial charge in [-0.3, -0.25) is 4.79 Å². The van der Waals surface area contributed by atoms with Gasteiger partial charge in [0.2, 0.25) is 5.91 Å². The van der Waals surface area contributed by atoms with Crippen LogP contribution in [-0.2, 0) is 38.6 Å². The van der Waals surface area contributed by atoms with Crippen molar-refractivity contribution in [1.29, 1.82) is 0 Å². The highest BCUT2D eigenvalue weighted by molar-refractivity contribution is 6.06. The molecule has 45 heavy (non-hydrogen) atoms. The highest BCUT2D eigenvalue weighted by Gasteiger charge is 2.21. The number of nitrogen functional groups attached to an aromatic ring is 1. The van der Waals surface area contributed by atoms with Gasteiger partial charge in [0.25, 0.3) is 0 Å². The van der Waals surface area contributed by atoms with Gasteiger partial charge in [-0.15, -0.1) is 0 Å². The van der Waals surface area contributed by atoms with E-state index in [2.05, 4.69) is 9.55 Å². The van der Waals surface area contributed by atoms with Crippen molar-refractivity contribution in [2.45, 2.75) is 57.7 Å². The lowest BCUT2D eigenvalue weighted by molar-refractivity contribution is -0.151. The summed E-state index contributed by atoms with van der Waals surface area (Å²) in [5.74, 6) is 1.52. The average Bonchev–Trinajstić information content (AvgIpc) is 3.67. The van der Waals surface area contributed by atoms with Crippen LogP contribution in [0.3, 0.4) is 0 Å². The van der Waals surface area contributed by atoms with Crippen molar-refractivity contribution >= 4 is 39.6 Å². The molecule has 0 aliphatic heterocycles. The summed E-state index contributed by atoms with van der Waals surface area (Å²) in [6.07, 6.45) is 5.37. The number of hydrogen-bond donors (Lipinski definition) is 1. The third-order valence-electron chi connectivity index (χ3n) is 8.06. The molecule has 0 saturated heterocycles. The summed E-state index contributed by atoms with van der Waals surface area (Å²) in [7, 11) is 5.45. The zero-order chi connectivity index (χ0) is 31.8. The van der Waals surface area contributed by atoms with Gasteiger partial charge in [-0.05, 0) is 70.0 Å². The maximum atomic E-state index is 13.4. The van der Waals surface area contributed by atoms with Crippen LogP contribution in [0.1, 0.15) is 43.5 Å². The van der Waals surface area contributed by atoms with Crippen LogP contribution in [-0.4, -0.2) is 89.8 Å². The molecule has 5 rings (SSSR count). The molecule has 4 aromatic rings. The Morgan fingerprint density at radius 3 is 2.64 bits per heavy atom. The Morgan fingerprint density at radius 1 is 1.07 bits per heavy atom. The Hall–Kier alpha value is -4.22. The molecular formula is C34H44N6O5. The summed E-state index contributed by atoms with van der Waals surface area (Å²) < 4.78 is 18.8. The van der Waals surface area contributed by atoms with Gasteiger partial charge >= 0.3 is 5.97 Å². The van der Waals surface area contributed by atoms with Crippen LogP contribution < -0.4 is 10.5 Å². The standard InChI is InChI=1S/C34H44N6O5/c1-38(2)22-30(41)39(21-24-10-8-13-26(20-24)44-23-31(42)45-25-11-4-5-12-25)17-9-18-40-29(16-19-43-3)37-32-33(40)27-14-6-7-15-28(27)36-34(32)35/h6-8,10,13-15,20,25H,4-5,9,11-12,16-19,21-23H2,1-3H3,(H2,35,36). The zero-order valence-electron chi connectivity index (χ0n) is 26.5. The molecule has 11 heteroatoms. The average molecular weight is 617 g/mol. The van der Waals surface area contributed by atoms with Gasteiger partial charge in [0.1, 0.15) is 23.2 Å². The fourth-order valence-corrected chi connectivity index (χ4v) is 5.93. The van der Waals surface area contributed by atoms with E-state index in [9.17, 15) is 9.59 Å². The second-order valence-electron chi connectivity index (χ2n) is 11.9. The Morgan fingerprint density at radius 2 is 1.87 bits per heavy atom. The first-order chi connectivity index (χ1) is 21.8. The molecule has 0 spiro atoms. The molecule has 1 aliphatic rings. The van der Waals surface area contributed by atoms with E-state index in [1.54, 1.807) is 7.11 Å². The first kappa shape index (κ1) is 32.2. The number of benzene rings is 2. The molecule has 2 aromatic carbocycles. The van der Waals surface area contributed by atoms with Crippen LogP contribution in [0.25, 0.3) is 21.9 Å². The smallest absolute Gasteiger partial charge is 0.344 e. The highest BCUT2D eigenvalue weighted by Crippen LogP contribution is 2.29. The Kier molecular flexibility index (Phi) is 10.9. The number of rotatable bonds is 15. The minimum absolute atomic E-state index is 0.00724. The fourth-order valence-electron chi connectivity index (χ4n) is 5.93. The first-order valence-corrected chi connectivity index (χ1v) is 15.7. The third-order valence-corrected chi connectivity index (χ3v) is 8.06. The number of methoxy groups -OCH3 is 1. The molecule has 1 aliphatic carbocycles. The van der Waals surface area contributed by atoms with Gasteiger partial charge in [0.15, 0.2) is 12.4 Å². The molecule has 0 bridgehead atoms. The monoisotopic (exact) mass is 616 g/mol. The minimum Gasteiger partial charge on any atom is -0.482 e. The summed E-state index contributed by atoms with van der Waals surface area (Å²) in [6, 6.07) is 15.5. The first-order valence-electron chi connectivity index (χ1n) is 15.7. The van der Waals surface area contributed by atoms with E-state index in [0.717, 1.165) is 53.5 Å². The number of aromatic nitrogens is 3. The van der Waals surface area contributed by atoms with E-state index in [0.29, 0.717) is 62.7 Å². The van der Waals surface area contributed by atoms with Crippen molar-refractivity contribution in [3.05, 3.63) is 59.9 Å². The quantitative estimate of drug-likeness (QED) is 0.196. The number of ether oxygens (including phenoxy) is 3. The van der Waals surface area contributed by atoms with Crippen molar-refractivity contribution in [3.8, 4) is 5.75 Å². The number of para-hydroxylation sites is 1. The van der Waals surface area contributed by atoms with Gasteiger partial charge in [-0.2, -0.15) is 0 Å². The molecule has 0 atom stereocenters. The molecule has 2 aromatic heterocycles. The maximum Gasteiger partial charge on any atom is 0.344 e. The summed E-state index contributed by atoms with van der Waals surface area (Å²) in [6.45, 7) is 2.27. The van der Waals surface area contributed by atoms with Crippen LogP contribution in [0.2, 0.25) is 0 Å². The number of nitrogens with two attached hydrogens (primary N) is 1. The van der Waals surface area contributed by atoms with E-state index in [-0.39, 0.29) is 24.6 Å². The third kappa shape index (κ3) is 8.29. The molecule has 240 valence electrons. The van der Waals surface area contributed by atoms with Crippen LogP contribution in [0, 0.1) is 0 Å². The van der Waals surface area contributed by atoms with Crippen LogP contribution >= 0.6 is 0 Å². The topological polar surface area (TPSA) is 125 Å². The molecule has 0 unspecified atom stereocenters. The molecule has 2 heterocycles. The van der Waals surface area contributed by atoms with Gasteiger partial charge in [-0.1, -0.05) is 30.3 Å². The van der Waals surface area contributed by atoms with Gasteiger partial charge in [0.05, 0.1) is 24.2 Å². The summed E-state index contributed by atoms with van der Waals surface area (Å²) in [5.41, 5.74) is 9.73. The van der Waals surface area contributed by atoms with Crippen molar-refractivity contribution < 1.29 is 23.8 Å². The SMILES string of the molecule is COCCc1nc2c(N)nc3ccccc3c2n1CCCN(Cc1cccc(OCC(=O)OC2CCCC2)c1)C(=O)CN(C)C. The Balaban J connectivity index is 1.30. The van der Waals surface area contributed by atoms with Crippen LogP contribution in [0.15, 0.2) is 48.5 Å². The van der Waals surface area contributed by atoms with Crippen molar-refractivity contribution in [1.82, 2.24) is 24.3 Å². The summed E-state index contributed by atoms with van der Waals surface area (Å²) in [4.78, 5) is 38.8. The summed E-state index contributed by atoms with van der Waals surface area (Å²) in [5, 5.41) is 0.988. The number of anilines is 1. The molecule has 0 radical (unpaired) electrons. The predicted octanol–water partition coefficient (Wildman–Crippen LogP) is 4.20. The molecule has 2 N–H and O–H groups in total. The lowest BCUT2D eigenvalue weighted by Gasteiger charge is -2.25. The number of fused-ring (bicyclic) bond motifs is 3. The van der Waals surface area contributed by atoms with E-state index >= 15 is 0 Å². The zero-order valence-corrected chi connectivity index (χ0v) is 26.5. The number of amides is 1. The van der Waals surface area contributed by atoms with Gasteiger partial charge < -0.3 is 34.3 Å². The lowest BCUT2D eigenvalue weighted by atomic mass is 10.1. The van der Waals surface area contributed by atoms with Gasteiger partial charge in [-0.25, -0.2) is 14.8 Å². The number of imidazole rings is 1. The lowest BCUT2D eigenvalue weighted by Crippen LogP contribution is -2.38. The molecule has 1 fully saturated rings. The predicted molar refractivity (Wildman–Crippen MR) is 174 cm³/mol. The van der Waals surface area contributed by atoms with Crippen LogP contribution in [0.4, 0.5) is 5.82 Å². The Bertz CT molecular complexity index is 1610. The number of esters is 1. The Labute approximate surface area is 264 Å². The minimum atomic E-state index is -0.350. The van der Waals surface area contributed by atoms with Crippen molar-refractivity contribution in [2.75, 3.05) is 53.2 Å². The number of carbonyl (C=O) groups excluding carboxylic acids is 2. The number of hydrogen-bond acceptors (Lipinski definition) is 9.